The minimum Gasteiger partial charge on any atom is -0.480 e. The van der Waals surface area contributed by atoms with Gasteiger partial charge in [-0.25, -0.2) is 4.79 Å². The molecule has 2 rings (SSSR count). The van der Waals surface area contributed by atoms with Crippen molar-refractivity contribution in [2.24, 2.45) is 0 Å². The first kappa shape index (κ1) is 15.8. The lowest BCUT2D eigenvalue weighted by Gasteiger charge is -2.22. The standard InChI is InChI=1S/C15H18ClNO4/c1-8-4-11(12(16)5-9(8)2)14(18)17-7-10(21-3)6-13(17)15(19)20/h4-5,10,13H,6-7H2,1-3H3,(H,19,20). The predicted molar refractivity (Wildman–Crippen MR) is 78.8 cm³/mol. The lowest BCUT2D eigenvalue weighted by atomic mass is 10.0. The molecule has 114 valence electrons. The van der Waals surface area contributed by atoms with E-state index in [1.807, 2.05) is 13.8 Å². The molecule has 1 aliphatic rings. The van der Waals surface area contributed by atoms with Crippen LogP contribution in [0.15, 0.2) is 12.1 Å². The second-order valence-corrected chi connectivity index (χ2v) is 5.73. The molecular formula is C15H18ClNO4. The van der Waals surface area contributed by atoms with E-state index in [2.05, 4.69) is 0 Å². The number of aryl methyl sites for hydroxylation is 2. The average Bonchev–Trinajstić information content (AvgIpc) is 2.86. The first-order valence-electron chi connectivity index (χ1n) is 6.68. The fourth-order valence-corrected chi connectivity index (χ4v) is 2.83. The number of halogens is 1. The van der Waals surface area contributed by atoms with Crippen LogP contribution in [0.5, 0.6) is 0 Å². The van der Waals surface area contributed by atoms with Crippen LogP contribution in [0.4, 0.5) is 0 Å². The highest BCUT2D eigenvalue weighted by Gasteiger charge is 2.40. The molecule has 5 nitrogen and oxygen atoms in total. The van der Waals surface area contributed by atoms with E-state index in [-0.39, 0.29) is 18.6 Å². The molecule has 0 bridgehead atoms. The second-order valence-electron chi connectivity index (χ2n) is 5.32. The van der Waals surface area contributed by atoms with Gasteiger partial charge in [0.05, 0.1) is 16.7 Å². The number of likely N-dealkylation sites (tertiary alicyclic amines) is 1. The van der Waals surface area contributed by atoms with Crippen molar-refractivity contribution in [3.63, 3.8) is 0 Å². The van der Waals surface area contributed by atoms with E-state index in [0.717, 1.165) is 11.1 Å². The molecule has 2 atom stereocenters. The summed E-state index contributed by atoms with van der Waals surface area (Å²) in [5.74, 6) is -1.39. The average molecular weight is 312 g/mol. The van der Waals surface area contributed by atoms with Gasteiger partial charge in [-0.3, -0.25) is 4.79 Å². The van der Waals surface area contributed by atoms with Crippen LogP contribution in [0.25, 0.3) is 0 Å². The van der Waals surface area contributed by atoms with Gasteiger partial charge in [-0.15, -0.1) is 0 Å². The van der Waals surface area contributed by atoms with E-state index in [9.17, 15) is 14.7 Å². The fraction of sp³-hybridized carbons (Fsp3) is 0.467. The van der Waals surface area contributed by atoms with Crippen molar-refractivity contribution >= 4 is 23.5 Å². The molecule has 21 heavy (non-hydrogen) atoms. The summed E-state index contributed by atoms with van der Waals surface area (Å²) in [4.78, 5) is 25.3. The number of carbonyl (C=O) groups excluding carboxylic acids is 1. The summed E-state index contributed by atoms with van der Waals surface area (Å²) in [5, 5.41) is 9.62. The third-order valence-corrected chi connectivity index (χ3v) is 4.27. The van der Waals surface area contributed by atoms with Crippen LogP contribution >= 0.6 is 11.6 Å². The molecular weight excluding hydrogens is 294 g/mol. The SMILES string of the molecule is COC1CC(C(=O)O)N(C(=O)c2cc(C)c(C)cc2Cl)C1. The van der Waals surface area contributed by atoms with E-state index in [1.54, 1.807) is 12.1 Å². The zero-order valence-corrected chi connectivity index (χ0v) is 13.0. The molecule has 0 aromatic heterocycles. The summed E-state index contributed by atoms with van der Waals surface area (Å²) < 4.78 is 5.19. The molecule has 0 spiro atoms. The van der Waals surface area contributed by atoms with Crippen LogP contribution < -0.4 is 0 Å². The number of carbonyl (C=O) groups is 2. The predicted octanol–water partition coefficient (Wildman–Crippen LogP) is 2.27. The normalized spacial score (nSPS) is 21.6. The number of amides is 1. The number of benzene rings is 1. The molecule has 1 N–H and O–H groups in total. The molecule has 1 aliphatic heterocycles. The molecule has 6 heteroatoms. The number of aliphatic carboxylic acids is 1. The highest BCUT2D eigenvalue weighted by atomic mass is 35.5. The largest absolute Gasteiger partial charge is 0.480 e. The zero-order chi connectivity index (χ0) is 15.7. The minimum atomic E-state index is -1.03. The Bertz CT molecular complexity index is 587. The van der Waals surface area contributed by atoms with E-state index < -0.39 is 12.0 Å². The number of hydrogen-bond donors (Lipinski definition) is 1. The van der Waals surface area contributed by atoms with Gasteiger partial charge in [-0.05, 0) is 37.1 Å². The molecule has 1 aromatic rings. The number of ether oxygens (including phenoxy) is 1. The molecule has 0 radical (unpaired) electrons. The maximum absolute atomic E-state index is 12.6. The van der Waals surface area contributed by atoms with Crippen molar-refractivity contribution in [3.8, 4) is 0 Å². The van der Waals surface area contributed by atoms with Gasteiger partial charge in [0.25, 0.3) is 5.91 Å². The maximum Gasteiger partial charge on any atom is 0.326 e. The Morgan fingerprint density at radius 1 is 1.33 bits per heavy atom. The Hall–Kier alpha value is -1.59. The summed E-state index contributed by atoms with van der Waals surface area (Å²) in [6.07, 6.45) is 0.0282. The summed E-state index contributed by atoms with van der Waals surface area (Å²) in [6, 6.07) is 2.56. The van der Waals surface area contributed by atoms with Crippen molar-refractivity contribution in [1.82, 2.24) is 4.90 Å². The number of methoxy groups -OCH3 is 1. The number of carboxylic acid groups (broad SMARTS) is 1. The van der Waals surface area contributed by atoms with Crippen molar-refractivity contribution in [2.75, 3.05) is 13.7 Å². The van der Waals surface area contributed by atoms with Gasteiger partial charge in [0.15, 0.2) is 0 Å². The zero-order valence-electron chi connectivity index (χ0n) is 12.2. The van der Waals surface area contributed by atoms with Crippen LogP contribution in [0.1, 0.15) is 27.9 Å². The number of hydrogen-bond acceptors (Lipinski definition) is 3. The molecule has 1 amide bonds. The summed E-state index contributed by atoms with van der Waals surface area (Å²) in [7, 11) is 1.51. The van der Waals surface area contributed by atoms with E-state index in [4.69, 9.17) is 16.3 Å². The fourth-order valence-electron chi connectivity index (χ4n) is 2.53. The Labute approximate surface area is 128 Å². The topological polar surface area (TPSA) is 66.8 Å². The van der Waals surface area contributed by atoms with Gasteiger partial charge in [-0.1, -0.05) is 11.6 Å². The van der Waals surface area contributed by atoms with Crippen molar-refractivity contribution in [2.45, 2.75) is 32.4 Å². The van der Waals surface area contributed by atoms with Gasteiger partial charge in [0, 0.05) is 20.1 Å². The lowest BCUT2D eigenvalue weighted by Crippen LogP contribution is -2.40. The first-order valence-corrected chi connectivity index (χ1v) is 7.06. The summed E-state index contributed by atoms with van der Waals surface area (Å²) >= 11 is 6.15. The van der Waals surface area contributed by atoms with E-state index in [0.29, 0.717) is 17.0 Å². The highest BCUT2D eigenvalue weighted by molar-refractivity contribution is 6.34. The van der Waals surface area contributed by atoms with Crippen molar-refractivity contribution in [3.05, 3.63) is 33.8 Å². The Balaban J connectivity index is 2.34. The van der Waals surface area contributed by atoms with Crippen LogP contribution in [-0.2, 0) is 9.53 Å². The quantitative estimate of drug-likeness (QED) is 0.930. The van der Waals surface area contributed by atoms with Crippen LogP contribution in [-0.4, -0.2) is 47.7 Å². The van der Waals surface area contributed by atoms with Crippen LogP contribution in [0.3, 0.4) is 0 Å². The Kier molecular flexibility index (Phi) is 4.54. The van der Waals surface area contributed by atoms with E-state index in [1.165, 1.54) is 12.0 Å². The maximum atomic E-state index is 12.6. The van der Waals surface area contributed by atoms with Crippen molar-refractivity contribution < 1.29 is 19.4 Å². The van der Waals surface area contributed by atoms with Gasteiger partial charge in [0.1, 0.15) is 6.04 Å². The van der Waals surface area contributed by atoms with Crippen LogP contribution in [0.2, 0.25) is 5.02 Å². The molecule has 1 aromatic carbocycles. The summed E-state index contributed by atoms with van der Waals surface area (Å²) in [6.45, 7) is 4.06. The molecule has 0 aliphatic carbocycles. The first-order chi connectivity index (χ1) is 9.85. The lowest BCUT2D eigenvalue weighted by molar-refractivity contribution is -0.141. The molecule has 1 fully saturated rings. The number of rotatable bonds is 3. The molecule has 1 heterocycles. The Morgan fingerprint density at radius 3 is 2.52 bits per heavy atom. The molecule has 2 unspecified atom stereocenters. The van der Waals surface area contributed by atoms with Gasteiger partial charge in [-0.2, -0.15) is 0 Å². The van der Waals surface area contributed by atoms with E-state index >= 15 is 0 Å². The van der Waals surface area contributed by atoms with Gasteiger partial charge < -0.3 is 14.7 Å². The summed E-state index contributed by atoms with van der Waals surface area (Å²) in [5.41, 5.74) is 2.27. The number of nitrogens with zero attached hydrogens (tertiary/aromatic N) is 1. The van der Waals surface area contributed by atoms with Gasteiger partial charge in [0.2, 0.25) is 0 Å². The number of carboxylic acids is 1. The minimum absolute atomic E-state index is 0.259. The Morgan fingerprint density at radius 2 is 1.95 bits per heavy atom. The van der Waals surface area contributed by atoms with Gasteiger partial charge >= 0.3 is 5.97 Å². The monoisotopic (exact) mass is 311 g/mol. The third kappa shape index (κ3) is 3.04. The third-order valence-electron chi connectivity index (χ3n) is 3.96. The molecule has 0 saturated carbocycles. The second kappa shape index (κ2) is 6.03. The smallest absolute Gasteiger partial charge is 0.326 e. The van der Waals surface area contributed by atoms with Crippen molar-refractivity contribution in [1.29, 1.82) is 0 Å². The highest BCUT2D eigenvalue weighted by Crippen LogP contribution is 2.27. The van der Waals surface area contributed by atoms with Crippen LogP contribution in [0, 0.1) is 13.8 Å². The molecule has 1 saturated heterocycles.